The summed E-state index contributed by atoms with van der Waals surface area (Å²) < 4.78 is 68.4. The van der Waals surface area contributed by atoms with Crippen molar-refractivity contribution in [3.05, 3.63) is 0 Å². The summed E-state index contributed by atoms with van der Waals surface area (Å²) in [5.74, 6) is 0.905. The molecule has 6 atom stereocenters. The van der Waals surface area contributed by atoms with Gasteiger partial charge in [0.1, 0.15) is 19.3 Å². The molecular formula is C74H144O17P2. The molecule has 3 unspecified atom stereocenters. The normalized spacial score (nSPS) is 14.5. The molecule has 0 aromatic rings. The number of phosphoric acid groups is 2. The fourth-order valence-electron chi connectivity index (χ4n) is 11.2. The number of rotatable bonds is 71. The Balaban J connectivity index is 5.23. The van der Waals surface area contributed by atoms with Crippen LogP contribution in [-0.4, -0.2) is 96.7 Å². The molecule has 0 saturated carbocycles. The van der Waals surface area contributed by atoms with E-state index in [1.807, 2.05) is 0 Å². The van der Waals surface area contributed by atoms with Crippen molar-refractivity contribution in [1.29, 1.82) is 0 Å². The first-order valence-electron chi connectivity index (χ1n) is 38.2. The van der Waals surface area contributed by atoms with Gasteiger partial charge in [-0.3, -0.25) is 37.3 Å². The molecule has 19 heteroatoms. The van der Waals surface area contributed by atoms with Gasteiger partial charge in [-0.05, 0) is 49.4 Å². The minimum absolute atomic E-state index is 0.104. The van der Waals surface area contributed by atoms with Gasteiger partial charge in [0.05, 0.1) is 26.4 Å². The van der Waals surface area contributed by atoms with E-state index >= 15 is 0 Å². The van der Waals surface area contributed by atoms with Crippen molar-refractivity contribution in [3.63, 3.8) is 0 Å². The topological polar surface area (TPSA) is 237 Å². The molecular weight excluding hydrogens is 1220 g/mol. The van der Waals surface area contributed by atoms with E-state index in [4.69, 9.17) is 37.0 Å². The largest absolute Gasteiger partial charge is 0.472 e. The second-order valence-corrected chi connectivity index (χ2v) is 31.3. The maximum absolute atomic E-state index is 13.1. The first-order valence-corrected chi connectivity index (χ1v) is 41.2. The highest BCUT2D eigenvalue weighted by Gasteiger charge is 2.30. The smallest absolute Gasteiger partial charge is 0.462 e. The summed E-state index contributed by atoms with van der Waals surface area (Å²) in [6.07, 6.45) is 47.3. The highest BCUT2D eigenvalue weighted by atomic mass is 31.2. The first kappa shape index (κ1) is 91.1. The third kappa shape index (κ3) is 67.0. The third-order valence-electron chi connectivity index (χ3n) is 17.4. The van der Waals surface area contributed by atoms with E-state index in [0.29, 0.717) is 31.6 Å². The Morgan fingerprint density at radius 1 is 0.301 bits per heavy atom. The monoisotopic (exact) mass is 1370 g/mol. The number of hydrogen-bond donors (Lipinski definition) is 3. The summed E-state index contributed by atoms with van der Waals surface area (Å²) in [4.78, 5) is 72.7. The summed E-state index contributed by atoms with van der Waals surface area (Å²) in [5, 5.41) is 10.6. The van der Waals surface area contributed by atoms with Gasteiger partial charge < -0.3 is 33.8 Å². The van der Waals surface area contributed by atoms with Crippen molar-refractivity contribution in [2.45, 2.75) is 388 Å². The summed E-state index contributed by atoms with van der Waals surface area (Å²) in [5.41, 5.74) is 0. The van der Waals surface area contributed by atoms with E-state index in [1.165, 1.54) is 167 Å². The molecule has 0 amide bonds. The standard InChI is InChI=1S/C74H144O17P2/c1-9-67(8)53-45-37-28-22-16-12-10-11-13-17-23-29-38-46-54-71(76)84-60-69(90-73(78)56-48-40-30-24-18-14-15-20-26-34-42-50-64(2)3)62-88-92(80,81)86-58-68(75)59-87-93(82,83)89-63-70(61-85-72(77)55-47-39-33-32-36-44-52-66(6)7)91-74(79)57-49-41-31-25-19-21-27-35-43-51-65(4)5/h64-70,75H,9-63H2,1-8H3,(H,80,81)(H,82,83)/t67?,68-,69-,70-/m1/s1. The molecule has 0 aliphatic rings. The number of unbranched alkanes of at least 4 members (excludes halogenated alkanes) is 36. The van der Waals surface area contributed by atoms with Gasteiger partial charge in [0.15, 0.2) is 12.2 Å². The molecule has 0 aliphatic carbocycles. The molecule has 0 fully saturated rings. The van der Waals surface area contributed by atoms with Crippen LogP contribution < -0.4 is 0 Å². The number of ether oxygens (including phenoxy) is 4. The quantitative estimate of drug-likeness (QED) is 0.0222. The Kier molecular flexibility index (Phi) is 62.2. The molecule has 0 aromatic heterocycles. The molecule has 0 radical (unpaired) electrons. The highest BCUT2D eigenvalue weighted by Crippen LogP contribution is 2.45. The minimum Gasteiger partial charge on any atom is -0.462 e. The lowest BCUT2D eigenvalue weighted by molar-refractivity contribution is -0.161. The van der Waals surface area contributed by atoms with Gasteiger partial charge in [-0.25, -0.2) is 9.13 Å². The van der Waals surface area contributed by atoms with Crippen LogP contribution in [0.15, 0.2) is 0 Å². The Hall–Kier alpha value is -1.94. The van der Waals surface area contributed by atoms with Crippen LogP contribution in [0.2, 0.25) is 0 Å². The number of hydrogen-bond acceptors (Lipinski definition) is 15. The number of carbonyl (C=O) groups is 4. The lowest BCUT2D eigenvalue weighted by atomic mass is 9.99. The van der Waals surface area contributed by atoms with Crippen molar-refractivity contribution in [3.8, 4) is 0 Å². The van der Waals surface area contributed by atoms with Gasteiger partial charge in [0.2, 0.25) is 0 Å². The van der Waals surface area contributed by atoms with Crippen molar-refractivity contribution in [1.82, 2.24) is 0 Å². The van der Waals surface area contributed by atoms with Gasteiger partial charge in [-0.1, -0.05) is 319 Å². The Labute approximate surface area is 568 Å². The Morgan fingerprint density at radius 3 is 0.763 bits per heavy atom. The van der Waals surface area contributed by atoms with Crippen LogP contribution in [0.1, 0.15) is 370 Å². The molecule has 0 aromatic carbocycles. The maximum Gasteiger partial charge on any atom is 0.472 e. The number of esters is 4. The van der Waals surface area contributed by atoms with Crippen LogP contribution in [0.5, 0.6) is 0 Å². The van der Waals surface area contributed by atoms with Crippen LogP contribution >= 0.6 is 15.6 Å². The number of aliphatic hydroxyl groups is 1. The van der Waals surface area contributed by atoms with E-state index in [2.05, 4.69) is 55.4 Å². The van der Waals surface area contributed by atoms with E-state index in [0.717, 1.165) is 114 Å². The predicted molar refractivity (Wildman–Crippen MR) is 377 cm³/mol. The van der Waals surface area contributed by atoms with Gasteiger partial charge in [0.25, 0.3) is 0 Å². The van der Waals surface area contributed by atoms with Crippen LogP contribution in [0.3, 0.4) is 0 Å². The molecule has 17 nitrogen and oxygen atoms in total. The molecule has 0 saturated heterocycles. The zero-order valence-corrected chi connectivity index (χ0v) is 62.7. The molecule has 0 rings (SSSR count). The summed E-state index contributed by atoms with van der Waals surface area (Å²) in [6, 6.07) is 0. The van der Waals surface area contributed by atoms with Crippen LogP contribution in [-0.2, 0) is 65.4 Å². The third-order valence-corrected chi connectivity index (χ3v) is 19.3. The van der Waals surface area contributed by atoms with Crippen molar-refractivity contribution < 1.29 is 80.2 Å². The first-order chi connectivity index (χ1) is 44.6. The molecule has 0 bridgehead atoms. The molecule has 0 spiro atoms. The molecule has 0 heterocycles. The molecule has 0 aliphatic heterocycles. The van der Waals surface area contributed by atoms with E-state index in [9.17, 15) is 43.2 Å². The summed E-state index contributed by atoms with van der Waals surface area (Å²) >= 11 is 0. The van der Waals surface area contributed by atoms with Gasteiger partial charge in [-0.15, -0.1) is 0 Å². The van der Waals surface area contributed by atoms with Crippen molar-refractivity contribution in [2.75, 3.05) is 39.6 Å². The second kappa shape index (κ2) is 63.5. The van der Waals surface area contributed by atoms with E-state index in [-0.39, 0.29) is 25.7 Å². The van der Waals surface area contributed by atoms with Crippen LogP contribution in [0.25, 0.3) is 0 Å². The molecule has 552 valence electrons. The van der Waals surface area contributed by atoms with Gasteiger partial charge in [0, 0.05) is 25.7 Å². The SMILES string of the molecule is CCC(C)CCCCCCCCCCCCCCCCC(=O)OC[C@H](COP(=O)(O)OC[C@@H](O)COP(=O)(O)OC[C@@H](COC(=O)CCCCCCCCC(C)C)OC(=O)CCCCCCCCCCCC(C)C)OC(=O)CCCCCCCCCCCCCC(C)C. The average Bonchev–Trinajstić information content (AvgIpc) is 1.82. The summed E-state index contributed by atoms with van der Waals surface area (Å²) in [6.45, 7) is 14.1. The van der Waals surface area contributed by atoms with Gasteiger partial charge >= 0.3 is 39.5 Å². The number of carbonyl (C=O) groups excluding carboxylic acids is 4. The Morgan fingerprint density at radius 2 is 0.516 bits per heavy atom. The fourth-order valence-corrected chi connectivity index (χ4v) is 12.7. The highest BCUT2D eigenvalue weighted by molar-refractivity contribution is 7.47. The predicted octanol–water partition coefficient (Wildman–Crippen LogP) is 21.3. The number of phosphoric ester groups is 2. The van der Waals surface area contributed by atoms with Crippen molar-refractivity contribution in [2.24, 2.45) is 23.7 Å². The average molecular weight is 1370 g/mol. The van der Waals surface area contributed by atoms with E-state index in [1.54, 1.807) is 0 Å². The van der Waals surface area contributed by atoms with Crippen LogP contribution in [0, 0.1) is 23.7 Å². The number of aliphatic hydroxyl groups excluding tert-OH is 1. The minimum atomic E-state index is -4.96. The van der Waals surface area contributed by atoms with E-state index < -0.39 is 97.5 Å². The maximum atomic E-state index is 13.1. The second-order valence-electron chi connectivity index (χ2n) is 28.4. The van der Waals surface area contributed by atoms with Crippen molar-refractivity contribution >= 4 is 39.5 Å². The van der Waals surface area contributed by atoms with Crippen LogP contribution in [0.4, 0.5) is 0 Å². The zero-order chi connectivity index (χ0) is 68.9. The lowest BCUT2D eigenvalue weighted by Gasteiger charge is -2.21. The zero-order valence-electron chi connectivity index (χ0n) is 60.9. The molecule has 3 N–H and O–H groups in total. The lowest BCUT2D eigenvalue weighted by Crippen LogP contribution is -2.30. The Bertz CT molecular complexity index is 1840. The molecule has 93 heavy (non-hydrogen) atoms. The van der Waals surface area contributed by atoms with Gasteiger partial charge in [-0.2, -0.15) is 0 Å². The summed E-state index contributed by atoms with van der Waals surface area (Å²) in [7, 11) is -9.91. The fraction of sp³-hybridized carbons (Fsp3) is 0.946.